The van der Waals surface area contributed by atoms with Gasteiger partial charge in [-0.2, -0.15) is 5.10 Å². The van der Waals surface area contributed by atoms with Gasteiger partial charge in [-0.3, -0.25) is 0 Å². The van der Waals surface area contributed by atoms with Crippen LogP contribution in [-0.2, 0) is 4.74 Å². The number of carbonyl (C=O) groups is 2. The number of fused-ring (bicyclic) bond motifs is 1. The number of amides is 3. The van der Waals surface area contributed by atoms with Crippen LogP contribution in [0.25, 0.3) is 0 Å². The molecular formula is C35H50N6O3. The van der Waals surface area contributed by atoms with Crippen LogP contribution in [0.1, 0.15) is 104 Å². The molecule has 3 aliphatic rings. The zero-order chi connectivity index (χ0) is 31.6. The third-order valence-corrected chi connectivity index (χ3v) is 9.27. The molecule has 2 saturated carbocycles. The molecule has 2 heterocycles. The van der Waals surface area contributed by atoms with Crippen LogP contribution in [0.4, 0.5) is 26.8 Å². The molecule has 0 bridgehead atoms. The molecule has 5 rings (SSSR count). The average molecular weight is 603 g/mol. The molecule has 2 fully saturated rings. The number of hydrazone groups is 1. The third-order valence-electron chi connectivity index (χ3n) is 9.27. The van der Waals surface area contributed by atoms with Gasteiger partial charge in [-0.05, 0) is 91.0 Å². The highest BCUT2D eigenvalue weighted by atomic mass is 16.6. The second kappa shape index (κ2) is 12.8. The van der Waals surface area contributed by atoms with Crippen LogP contribution >= 0.6 is 0 Å². The van der Waals surface area contributed by atoms with Crippen LogP contribution < -0.4 is 10.2 Å². The number of benzene rings is 1. The van der Waals surface area contributed by atoms with Crippen molar-refractivity contribution >= 4 is 35.0 Å². The Morgan fingerprint density at radius 2 is 1.80 bits per heavy atom. The summed E-state index contributed by atoms with van der Waals surface area (Å²) in [6.07, 6.45) is 11.3. The number of nitrogens with one attached hydrogen (secondary N) is 1. The lowest BCUT2D eigenvalue weighted by molar-refractivity contribution is 0.00814. The van der Waals surface area contributed by atoms with Gasteiger partial charge in [-0.15, -0.1) is 0 Å². The van der Waals surface area contributed by atoms with Crippen LogP contribution in [0.3, 0.4) is 0 Å². The van der Waals surface area contributed by atoms with E-state index in [0.29, 0.717) is 18.3 Å². The number of anilines is 3. The standard InChI is InChI=1S/C35H50N6O3/c1-24(2)41-32(42)40(29-21-25(3)15-17-28(29)31(38-41)26-13-9-8-10-14-26)30-18-16-27(22-36-30)37-23-35(19-11-12-20-35)39(7)33(43)44-34(4,5)6/h15-18,21-22,24,26,37H,8-14,19-20,23H2,1-7H3. The maximum absolute atomic E-state index is 14.2. The van der Waals surface area contributed by atoms with Gasteiger partial charge in [0.15, 0.2) is 0 Å². The van der Waals surface area contributed by atoms with Crippen molar-refractivity contribution in [2.45, 2.75) is 117 Å². The fraction of sp³-hybridized carbons (Fsp3) is 0.600. The number of hydrogen-bond acceptors (Lipinski definition) is 6. The molecule has 0 saturated heterocycles. The number of urea groups is 1. The number of aromatic nitrogens is 1. The number of carbonyl (C=O) groups excluding carboxylic acids is 2. The largest absolute Gasteiger partial charge is 0.444 e. The zero-order valence-corrected chi connectivity index (χ0v) is 27.7. The number of rotatable bonds is 7. The Morgan fingerprint density at radius 3 is 2.41 bits per heavy atom. The van der Waals surface area contributed by atoms with E-state index in [1.807, 2.05) is 53.8 Å². The van der Waals surface area contributed by atoms with E-state index in [9.17, 15) is 9.59 Å². The first-order chi connectivity index (χ1) is 20.9. The van der Waals surface area contributed by atoms with Crippen molar-refractivity contribution in [1.82, 2.24) is 14.9 Å². The first-order valence-electron chi connectivity index (χ1n) is 16.4. The van der Waals surface area contributed by atoms with Gasteiger partial charge >= 0.3 is 12.1 Å². The Balaban J connectivity index is 1.42. The first-order valence-corrected chi connectivity index (χ1v) is 16.4. The van der Waals surface area contributed by atoms with Crippen LogP contribution in [-0.4, -0.2) is 63.5 Å². The topological polar surface area (TPSA) is 90.4 Å². The van der Waals surface area contributed by atoms with Gasteiger partial charge in [0.05, 0.1) is 34.9 Å². The second-order valence-electron chi connectivity index (χ2n) is 14.1. The fourth-order valence-electron chi connectivity index (χ4n) is 6.77. The molecule has 1 aliphatic heterocycles. The van der Waals surface area contributed by atoms with Gasteiger partial charge in [0.25, 0.3) is 0 Å². The first kappa shape index (κ1) is 31.8. The molecule has 44 heavy (non-hydrogen) atoms. The predicted octanol–water partition coefficient (Wildman–Crippen LogP) is 8.25. The Labute approximate surface area is 263 Å². The molecular weight excluding hydrogens is 552 g/mol. The maximum Gasteiger partial charge on any atom is 0.410 e. The Bertz CT molecular complexity index is 1370. The van der Waals surface area contributed by atoms with Gasteiger partial charge in [0.2, 0.25) is 0 Å². The summed E-state index contributed by atoms with van der Waals surface area (Å²) in [4.78, 5) is 35.5. The fourth-order valence-corrected chi connectivity index (χ4v) is 6.77. The molecule has 238 valence electrons. The van der Waals surface area contributed by atoms with Crippen molar-refractivity contribution in [2.75, 3.05) is 23.8 Å². The summed E-state index contributed by atoms with van der Waals surface area (Å²) >= 11 is 0. The van der Waals surface area contributed by atoms with Gasteiger partial charge in [0, 0.05) is 25.1 Å². The van der Waals surface area contributed by atoms with Crippen molar-refractivity contribution in [3.05, 3.63) is 47.7 Å². The number of likely N-dealkylation sites (N-methyl/N-ethyl adjacent to an activating group) is 1. The summed E-state index contributed by atoms with van der Waals surface area (Å²) < 4.78 is 5.70. The van der Waals surface area contributed by atoms with E-state index in [1.165, 1.54) is 19.3 Å². The Hall–Kier alpha value is -3.62. The quantitative estimate of drug-likeness (QED) is 0.345. The monoisotopic (exact) mass is 602 g/mol. The molecule has 1 aromatic carbocycles. The number of aryl methyl sites for hydroxylation is 1. The molecule has 3 amide bonds. The summed E-state index contributed by atoms with van der Waals surface area (Å²) in [5.41, 5.74) is 3.90. The molecule has 9 nitrogen and oxygen atoms in total. The highest BCUT2D eigenvalue weighted by Gasteiger charge is 2.42. The normalized spacial score (nSPS) is 19.0. The van der Waals surface area contributed by atoms with Crippen LogP contribution in [0.15, 0.2) is 41.6 Å². The molecule has 2 aliphatic carbocycles. The molecule has 1 aromatic heterocycles. The summed E-state index contributed by atoms with van der Waals surface area (Å²) in [6, 6.07) is 9.88. The second-order valence-corrected chi connectivity index (χ2v) is 14.1. The molecule has 0 unspecified atom stereocenters. The van der Waals surface area contributed by atoms with E-state index < -0.39 is 5.60 Å². The van der Waals surface area contributed by atoms with Crippen LogP contribution in [0, 0.1) is 12.8 Å². The minimum atomic E-state index is -0.548. The predicted molar refractivity (Wildman–Crippen MR) is 177 cm³/mol. The van der Waals surface area contributed by atoms with Crippen molar-refractivity contribution in [3.8, 4) is 0 Å². The lowest BCUT2D eigenvalue weighted by Gasteiger charge is -2.39. The molecule has 1 N–H and O–H groups in total. The lowest BCUT2D eigenvalue weighted by atomic mass is 9.82. The minimum absolute atomic E-state index is 0.107. The average Bonchev–Trinajstić information content (AvgIpc) is 3.42. The Morgan fingerprint density at radius 1 is 1.09 bits per heavy atom. The highest BCUT2D eigenvalue weighted by Crippen LogP contribution is 2.39. The van der Waals surface area contributed by atoms with Gasteiger partial charge in [-0.25, -0.2) is 24.5 Å². The third kappa shape index (κ3) is 6.71. The van der Waals surface area contributed by atoms with Gasteiger partial charge < -0.3 is 15.0 Å². The summed E-state index contributed by atoms with van der Waals surface area (Å²) in [6.45, 7) is 12.3. The number of nitrogens with zero attached hydrogens (tertiary/aromatic N) is 5. The summed E-state index contributed by atoms with van der Waals surface area (Å²) in [5, 5.41) is 10.2. The summed E-state index contributed by atoms with van der Waals surface area (Å²) in [5.74, 6) is 0.889. The van der Waals surface area contributed by atoms with Crippen molar-refractivity contribution in [1.29, 1.82) is 0 Å². The Kier molecular flexibility index (Phi) is 9.23. The molecule has 0 atom stereocenters. The zero-order valence-electron chi connectivity index (χ0n) is 27.7. The SMILES string of the molecule is Cc1ccc2c(c1)N(c1ccc(NCC3(N(C)C(=O)OC(C)(C)C)CCCC3)cn1)C(=O)N(C(C)C)N=C2C1CCCCC1. The van der Waals surface area contributed by atoms with Crippen LogP contribution in [0.5, 0.6) is 0 Å². The number of pyridine rings is 1. The van der Waals surface area contributed by atoms with Crippen molar-refractivity contribution < 1.29 is 14.3 Å². The maximum atomic E-state index is 14.2. The molecule has 9 heteroatoms. The van der Waals surface area contributed by atoms with E-state index >= 15 is 0 Å². The number of hydrogen-bond donors (Lipinski definition) is 1. The van der Waals surface area contributed by atoms with E-state index in [-0.39, 0.29) is 23.7 Å². The smallest absolute Gasteiger partial charge is 0.410 e. The van der Waals surface area contributed by atoms with E-state index in [2.05, 4.69) is 30.4 Å². The van der Waals surface area contributed by atoms with E-state index in [1.54, 1.807) is 21.0 Å². The molecule has 0 radical (unpaired) electrons. The minimum Gasteiger partial charge on any atom is -0.444 e. The summed E-state index contributed by atoms with van der Waals surface area (Å²) in [7, 11) is 1.84. The number of ether oxygens (including phenoxy) is 1. The van der Waals surface area contributed by atoms with E-state index in [4.69, 9.17) is 14.8 Å². The van der Waals surface area contributed by atoms with Gasteiger partial charge in [0.1, 0.15) is 11.4 Å². The van der Waals surface area contributed by atoms with E-state index in [0.717, 1.165) is 66.7 Å². The van der Waals surface area contributed by atoms with Crippen molar-refractivity contribution in [3.63, 3.8) is 0 Å². The molecule has 2 aromatic rings. The van der Waals surface area contributed by atoms with Crippen molar-refractivity contribution in [2.24, 2.45) is 11.0 Å². The highest BCUT2D eigenvalue weighted by molar-refractivity contribution is 6.13. The lowest BCUT2D eigenvalue weighted by Crippen LogP contribution is -2.53. The van der Waals surface area contributed by atoms with Gasteiger partial charge in [-0.1, -0.05) is 44.2 Å². The molecule has 0 spiro atoms. The van der Waals surface area contributed by atoms with Crippen LogP contribution in [0.2, 0.25) is 0 Å².